The average molecular weight is 116 g/mol. The minimum Gasteiger partial charge on any atom is -0.412 e. The van der Waals surface area contributed by atoms with Gasteiger partial charge in [0.15, 0.2) is 0 Å². The molecule has 0 amide bonds. The monoisotopic (exact) mass is 115 g/mol. The van der Waals surface area contributed by atoms with Crippen molar-refractivity contribution in [3.63, 3.8) is 0 Å². The van der Waals surface area contributed by atoms with Crippen LogP contribution in [0.15, 0.2) is 0 Å². The van der Waals surface area contributed by atoms with Crippen molar-refractivity contribution in [2.24, 2.45) is 0 Å². The fourth-order valence-electron chi connectivity index (χ4n) is 0. The molecule has 0 heterocycles. The molecule has 0 aliphatic rings. The molecule has 0 saturated carbocycles. The second-order valence-electron chi connectivity index (χ2n) is 0.0833. The summed E-state index contributed by atoms with van der Waals surface area (Å²) in [6.07, 6.45) is 0.250. The first kappa shape index (κ1) is 46.6. The SMILES string of the molecule is Cl.N.O.O=C=O. The summed E-state index contributed by atoms with van der Waals surface area (Å²) in [5.41, 5.74) is 0. The summed E-state index contributed by atoms with van der Waals surface area (Å²) in [5.74, 6) is 0. The normalized spacial score (nSPS) is 1.33. The molecule has 0 radical (unpaired) electrons. The maximum Gasteiger partial charge on any atom is 0.373 e. The van der Waals surface area contributed by atoms with Gasteiger partial charge < -0.3 is 11.6 Å². The van der Waals surface area contributed by atoms with Gasteiger partial charge >= 0.3 is 6.15 Å². The molecule has 0 aromatic heterocycles. The van der Waals surface area contributed by atoms with Crippen LogP contribution in [-0.4, -0.2) is 11.6 Å². The zero-order chi connectivity index (χ0) is 2.71. The molecule has 0 aromatic carbocycles. The number of hydrogen-bond donors (Lipinski definition) is 1. The molecule has 0 bridgehead atoms. The van der Waals surface area contributed by atoms with Gasteiger partial charge in [-0.2, -0.15) is 9.59 Å². The van der Waals surface area contributed by atoms with Crippen LogP contribution in [0, 0.1) is 0 Å². The van der Waals surface area contributed by atoms with Crippen LogP contribution in [-0.2, 0) is 9.59 Å². The first-order chi connectivity index (χ1) is 1.41. The van der Waals surface area contributed by atoms with Gasteiger partial charge in [-0.1, -0.05) is 0 Å². The summed E-state index contributed by atoms with van der Waals surface area (Å²) in [6, 6.07) is 0. The van der Waals surface area contributed by atoms with Crippen molar-refractivity contribution in [2.75, 3.05) is 0 Å². The highest BCUT2D eigenvalue weighted by molar-refractivity contribution is 5.85. The van der Waals surface area contributed by atoms with Gasteiger partial charge in [0, 0.05) is 0 Å². The zero-order valence-electron chi connectivity index (χ0n) is 2.93. The smallest absolute Gasteiger partial charge is 0.373 e. The predicted octanol–water partition coefficient (Wildman–Crippen LogP) is -0.824. The molecule has 0 aliphatic carbocycles. The maximum absolute atomic E-state index is 8.12. The molecule has 5 N–H and O–H groups in total. The van der Waals surface area contributed by atoms with E-state index in [-0.39, 0.29) is 30.2 Å². The van der Waals surface area contributed by atoms with Gasteiger partial charge in [-0.05, 0) is 0 Å². The molecule has 0 spiro atoms. The molecule has 0 atom stereocenters. The number of hydrogen-bond acceptors (Lipinski definition) is 3. The second kappa shape index (κ2) is 170. The Balaban J connectivity index is -0.00000000667. The van der Waals surface area contributed by atoms with E-state index in [1.54, 1.807) is 0 Å². The first-order valence-corrected chi connectivity index (χ1v) is 0.408. The number of halogens is 1. The largest absolute Gasteiger partial charge is 0.412 e. The van der Waals surface area contributed by atoms with Gasteiger partial charge in [0.1, 0.15) is 0 Å². The third kappa shape index (κ3) is 143. The van der Waals surface area contributed by atoms with Crippen LogP contribution >= 0.6 is 12.4 Å². The Labute approximate surface area is 40.8 Å². The van der Waals surface area contributed by atoms with Crippen molar-refractivity contribution in [1.82, 2.24) is 6.15 Å². The summed E-state index contributed by atoms with van der Waals surface area (Å²) in [5, 5.41) is 0. The van der Waals surface area contributed by atoms with E-state index in [1.165, 1.54) is 0 Å². The van der Waals surface area contributed by atoms with E-state index in [0.717, 1.165) is 0 Å². The quantitative estimate of drug-likeness (QED) is 0.446. The van der Waals surface area contributed by atoms with E-state index in [9.17, 15) is 0 Å². The van der Waals surface area contributed by atoms with E-state index < -0.39 is 0 Å². The van der Waals surface area contributed by atoms with E-state index >= 15 is 0 Å². The van der Waals surface area contributed by atoms with Crippen LogP contribution < -0.4 is 6.15 Å². The molecule has 0 unspecified atom stereocenters. The summed E-state index contributed by atoms with van der Waals surface area (Å²) < 4.78 is 0. The highest BCUT2D eigenvalue weighted by atomic mass is 35.5. The Hall–Kier alpha value is -0.410. The Morgan fingerprint density at radius 1 is 1.17 bits per heavy atom. The van der Waals surface area contributed by atoms with Gasteiger partial charge in [-0.3, -0.25) is 0 Å². The van der Waals surface area contributed by atoms with Crippen molar-refractivity contribution in [2.45, 2.75) is 0 Å². The molecule has 0 aromatic rings. The summed E-state index contributed by atoms with van der Waals surface area (Å²) in [6.45, 7) is 0. The Kier molecular flexibility index (Phi) is 1320. The van der Waals surface area contributed by atoms with E-state index in [4.69, 9.17) is 9.59 Å². The summed E-state index contributed by atoms with van der Waals surface area (Å²) in [4.78, 5) is 16.2. The fraction of sp³-hybridized carbons (Fsp3) is 0. The van der Waals surface area contributed by atoms with Crippen LogP contribution in [0.4, 0.5) is 0 Å². The Morgan fingerprint density at radius 2 is 1.17 bits per heavy atom. The van der Waals surface area contributed by atoms with Crippen molar-refractivity contribution in [3.8, 4) is 0 Å². The average Bonchev–Trinajstić information content (AvgIpc) is 0.918. The van der Waals surface area contributed by atoms with Crippen molar-refractivity contribution >= 4 is 18.6 Å². The van der Waals surface area contributed by atoms with Crippen LogP contribution in [0.25, 0.3) is 0 Å². The highest BCUT2D eigenvalue weighted by Crippen LogP contribution is 0.787. The van der Waals surface area contributed by atoms with Crippen LogP contribution in [0.5, 0.6) is 0 Å². The molecule has 40 valence electrons. The zero-order valence-corrected chi connectivity index (χ0v) is 3.75. The van der Waals surface area contributed by atoms with Gasteiger partial charge in [-0.25, -0.2) is 0 Å². The lowest BCUT2D eigenvalue weighted by Crippen LogP contribution is -1.22. The first-order valence-electron chi connectivity index (χ1n) is 0.408. The lowest BCUT2D eigenvalue weighted by molar-refractivity contribution is -0.191. The summed E-state index contributed by atoms with van der Waals surface area (Å²) in [7, 11) is 0. The third-order valence-electron chi connectivity index (χ3n) is 0. The van der Waals surface area contributed by atoms with Gasteiger partial charge in [0.25, 0.3) is 0 Å². The van der Waals surface area contributed by atoms with Crippen molar-refractivity contribution in [1.29, 1.82) is 0 Å². The third-order valence-corrected chi connectivity index (χ3v) is 0. The fourth-order valence-corrected chi connectivity index (χ4v) is 0. The highest BCUT2D eigenvalue weighted by Gasteiger charge is 1.13. The molecular formula is CH6ClNO3. The van der Waals surface area contributed by atoms with Crippen LogP contribution in [0.2, 0.25) is 0 Å². The standard InChI is InChI=1S/CO2.ClH.H3N.H2O/c2-1-3;;;/h;1H;1H3;1H2. The van der Waals surface area contributed by atoms with Gasteiger partial charge in [0.2, 0.25) is 0 Å². The van der Waals surface area contributed by atoms with Crippen molar-refractivity contribution < 1.29 is 15.1 Å². The van der Waals surface area contributed by atoms with Gasteiger partial charge in [-0.15, -0.1) is 12.4 Å². The minimum atomic E-state index is 0. The molecule has 6 heavy (non-hydrogen) atoms. The van der Waals surface area contributed by atoms with Crippen LogP contribution in [0.1, 0.15) is 0 Å². The molecule has 0 saturated heterocycles. The number of carbonyl (C=O) groups excluding carboxylic acids is 2. The molecule has 0 fully saturated rings. The predicted molar refractivity (Wildman–Crippen MR) is 20.9 cm³/mol. The minimum absolute atomic E-state index is 0. The van der Waals surface area contributed by atoms with Crippen molar-refractivity contribution in [3.05, 3.63) is 0 Å². The molecule has 0 aliphatic heterocycles. The van der Waals surface area contributed by atoms with E-state index in [0.29, 0.717) is 0 Å². The topological polar surface area (TPSA) is 101 Å². The second-order valence-corrected chi connectivity index (χ2v) is 0.0833. The van der Waals surface area contributed by atoms with Crippen LogP contribution in [0.3, 0.4) is 0 Å². The Bertz CT molecular complexity index is 31.8. The van der Waals surface area contributed by atoms with E-state index in [2.05, 4.69) is 0 Å². The molecule has 4 nitrogen and oxygen atoms in total. The van der Waals surface area contributed by atoms with E-state index in [1.807, 2.05) is 0 Å². The Morgan fingerprint density at radius 3 is 1.17 bits per heavy atom. The number of rotatable bonds is 0. The lowest BCUT2D eigenvalue weighted by atomic mass is 11.8. The summed E-state index contributed by atoms with van der Waals surface area (Å²) >= 11 is 0. The molecular weight excluding hydrogens is 109 g/mol. The van der Waals surface area contributed by atoms with Gasteiger partial charge in [0.05, 0.1) is 0 Å². The maximum atomic E-state index is 8.12. The lowest BCUT2D eigenvalue weighted by Gasteiger charge is -0.945. The molecule has 0 rings (SSSR count). The molecule has 5 heteroatoms.